The first-order chi connectivity index (χ1) is 9.95. The van der Waals surface area contributed by atoms with E-state index in [2.05, 4.69) is 0 Å². The highest BCUT2D eigenvalue weighted by Gasteiger charge is 2.23. The van der Waals surface area contributed by atoms with Crippen molar-refractivity contribution in [2.45, 2.75) is 11.4 Å². The van der Waals surface area contributed by atoms with Gasteiger partial charge in [-0.1, -0.05) is 24.3 Å². The number of rotatable bonds is 4. The number of nitriles is 1. The summed E-state index contributed by atoms with van der Waals surface area (Å²) in [7, 11) is -2.29. The fourth-order valence-electron chi connectivity index (χ4n) is 1.90. The molecule has 2 aromatic carbocycles. The van der Waals surface area contributed by atoms with E-state index in [1.165, 1.54) is 35.6 Å². The number of phenols is 1. The van der Waals surface area contributed by atoms with Crippen LogP contribution in [0.4, 0.5) is 0 Å². The van der Waals surface area contributed by atoms with Crippen LogP contribution in [0.5, 0.6) is 5.75 Å². The molecular formula is C15H14N2O3S. The Bertz CT molecular complexity index is 777. The Kier molecular flexibility index (Phi) is 4.26. The van der Waals surface area contributed by atoms with Crippen LogP contribution in [0.2, 0.25) is 0 Å². The molecule has 6 heteroatoms. The van der Waals surface area contributed by atoms with Gasteiger partial charge in [-0.15, -0.1) is 0 Å². The number of sulfonamides is 1. The molecule has 21 heavy (non-hydrogen) atoms. The van der Waals surface area contributed by atoms with Gasteiger partial charge >= 0.3 is 0 Å². The number of aromatic hydroxyl groups is 1. The Hall–Kier alpha value is -2.36. The SMILES string of the molecule is CN(Cc1ccc(O)cc1)S(=O)(=O)c1ccccc1C#N. The quantitative estimate of drug-likeness (QED) is 0.937. The van der Waals surface area contributed by atoms with Crippen LogP contribution in [-0.4, -0.2) is 24.9 Å². The van der Waals surface area contributed by atoms with Crippen LogP contribution in [-0.2, 0) is 16.6 Å². The van der Waals surface area contributed by atoms with Crippen molar-refractivity contribution in [3.63, 3.8) is 0 Å². The second-order valence-corrected chi connectivity index (χ2v) is 6.55. The number of benzene rings is 2. The number of hydrogen-bond acceptors (Lipinski definition) is 4. The van der Waals surface area contributed by atoms with Crippen molar-refractivity contribution in [2.24, 2.45) is 0 Å². The van der Waals surface area contributed by atoms with Gasteiger partial charge in [0, 0.05) is 13.6 Å². The predicted molar refractivity (Wildman–Crippen MR) is 77.9 cm³/mol. The van der Waals surface area contributed by atoms with Crippen molar-refractivity contribution < 1.29 is 13.5 Å². The summed E-state index contributed by atoms with van der Waals surface area (Å²) in [6.45, 7) is 0.155. The molecule has 0 saturated carbocycles. The third-order valence-electron chi connectivity index (χ3n) is 3.04. The second-order valence-electron chi connectivity index (χ2n) is 4.54. The lowest BCUT2D eigenvalue weighted by atomic mass is 10.2. The lowest BCUT2D eigenvalue weighted by molar-refractivity contribution is 0.463. The minimum absolute atomic E-state index is 0.00576. The van der Waals surface area contributed by atoms with Gasteiger partial charge in [0.25, 0.3) is 0 Å². The van der Waals surface area contributed by atoms with Crippen LogP contribution >= 0.6 is 0 Å². The molecule has 0 heterocycles. The number of nitrogens with zero attached hydrogens (tertiary/aromatic N) is 2. The van der Waals surface area contributed by atoms with Gasteiger partial charge in [-0.25, -0.2) is 8.42 Å². The Morgan fingerprint density at radius 3 is 2.38 bits per heavy atom. The van der Waals surface area contributed by atoms with Gasteiger partial charge in [0.1, 0.15) is 11.8 Å². The maximum absolute atomic E-state index is 12.5. The Morgan fingerprint density at radius 2 is 1.76 bits per heavy atom. The fraction of sp³-hybridized carbons (Fsp3) is 0.133. The molecule has 0 amide bonds. The van der Waals surface area contributed by atoms with E-state index >= 15 is 0 Å². The Balaban J connectivity index is 2.31. The second kappa shape index (κ2) is 5.95. The van der Waals surface area contributed by atoms with E-state index in [9.17, 15) is 13.5 Å². The van der Waals surface area contributed by atoms with E-state index in [1.54, 1.807) is 24.3 Å². The van der Waals surface area contributed by atoms with Crippen LogP contribution in [0, 0.1) is 11.3 Å². The maximum atomic E-state index is 12.5. The van der Waals surface area contributed by atoms with Crippen LogP contribution in [0.1, 0.15) is 11.1 Å². The van der Waals surface area contributed by atoms with Crippen molar-refractivity contribution in [1.82, 2.24) is 4.31 Å². The van der Waals surface area contributed by atoms with Gasteiger partial charge in [0.05, 0.1) is 10.5 Å². The van der Waals surface area contributed by atoms with Gasteiger partial charge < -0.3 is 5.11 Å². The first-order valence-corrected chi connectivity index (χ1v) is 7.62. The van der Waals surface area contributed by atoms with Crippen molar-refractivity contribution in [3.05, 3.63) is 59.7 Å². The van der Waals surface area contributed by atoms with Crippen molar-refractivity contribution in [2.75, 3.05) is 7.05 Å². The average molecular weight is 302 g/mol. The summed E-state index contributed by atoms with van der Waals surface area (Å²) in [4.78, 5) is -0.00576. The van der Waals surface area contributed by atoms with E-state index < -0.39 is 10.0 Å². The normalized spacial score (nSPS) is 11.3. The van der Waals surface area contributed by atoms with Crippen LogP contribution in [0.3, 0.4) is 0 Å². The minimum Gasteiger partial charge on any atom is -0.508 e. The number of hydrogen-bond donors (Lipinski definition) is 1. The molecule has 0 unspecified atom stereocenters. The topological polar surface area (TPSA) is 81.4 Å². The third kappa shape index (κ3) is 3.21. The molecular weight excluding hydrogens is 288 g/mol. The molecule has 0 aromatic heterocycles. The molecule has 0 aliphatic heterocycles. The summed E-state index contributed by atoms with van der Waals surface area (Å²) in [6, 6.07) is 14.3. The zero-order chi connectivity index (χ0) is 15.5. The summed E-state index contributed by atoms with van der Waals surface area (Å²) >= 11 is 0. The largest absolute Gasteiger partial charge is 0.508 e. The summed E-state index contributed by atoms with van der Waals surface area (Å²) in [5.41, 5.74) is 0.864. The molecule has 1 N–H and O–H groups in total. The van der Waals surface area contributed by atoms with E-state index in [4.69, 9.17) is 5.26 Å². The van der Waals surface area contributed by atoms with Crippen molar-refractivity contribution in [1.29, 1.82) is 5.26 Å². The predicted octanol–water partition coefficient (Wildman–Crippen LogP) is 2.08. The summed E-state index contributed by atoms with van der Waals surface area (Å²) < 4.78 is 26.2. The molecule has 0 atom stereocenters. The first kappa shape index (κ1) is 15.0. The highest BCUT2D eigenvalue weighted by Crippen LogP contribution is 2.20. The Labute approximate surface area is 123 Å². The molecule has 0 aliphatic carbocycles. The summed E-state index contributed by atoms with van der Waals surface area (Å²) in [5, 5.41) is 18.3. The molecule has 0 spiro atoms. The third-order valence-corrected chi connectivity index (χ3v) is 4.90. The molecule has 2 aromatic rings. The maximum Gasteiger partial charge on any atom is 0.244 e. The number of phenolic OH excluding ortho intramolecular Hbond substituents is 1. The molecule has 0 aliphatic rings. The first-order valence-electron chi connectivity index (χ1n) is 6.18. The monoisotopic (exact) mass is 302 g/mol. The highest BCUT2D eigenvalue weighted by atomic mass is 32.2. The zero-order valence-electron chi connectivity index (χ0n) is 11.4. The van der Waals surface area contributed by atoms with Crippen LogP contribution in [0.25, 0.3) is 0 Å². The van der Waals surface area contributed by atoms with Gasteiger partial charge in [-0.3, -0.25) is 0 Å². The van der Waals surface area contributed by atoms with Gasteiger partial charge in [0.15, 0.2) is 0 Å². The molecule has 108 valence electrons. The van der Waals surface area contributed by atoms with E-state index in [-0.39, 0.29) is 22.8 Å². The van der Waals surface area contributed by atoms with E-state index in [0.717, 1.165) is 5.56 Å². The van der Waals surface area contributed by atoms with E-state index in [1.807, 2.05) is 6.07 Å². The highest BCUT2D eigenvalue weighted by molar-refractivity contribution is 7.89. The minimum atomic E-state index is -3.74. The average Bonchev–Trinajstić information content (AvgIpc) is 2.49. The summed E-state index contributed by atoms with van der Waals surface area (Å²) in [6.07, 6.45) is 0. The molecule has 0 bridgehead atoms. The van der Waals surface area contributed by atoms with Crippen molar-refractivity contribution >= 4 is 10.0 Å². The molecule has 5 nitrogen and oxygen atoms in total. The van der Waals surface area contributed by atoms with Crippen LogP contribution in [0.15, 0.2) is 53.4 Å². The van der Waals surface area contributed by atoms with Crippen LogP contribution < -0.4 is 0 Å². The van der Waals surface area contributed by atoms with Gasteiger partial charge in [-0.05, 0) is 29.8 Å². The molecule has 0 saturated heterocycles. The smallest absolute Gasteiger partial charge is 0.244 e. The lowest BCUT2D eigenvalue weighted by Gasteiger charge is -2.18. The fourth-order valence-corrected chi connectivity index (χ4v) is 3.19. The van der Waals surface area contributed by atoms with Gasteiger partial charge in [0.2, 0.25) is 10.0 Å². The molecule has 0 radical (unpaired) electrons. The van der Waals surface area contributed by atoms with Crippen molar-refractivity contribution in [3.8, 4) is 11.8 Å². The van der Waals surface area contributed by atoms with E-state index in [0.29, 0.717) is 0 Å². The van der Waals surface area contributed by atoms with Gasteiger partial charge in [-0.2, -0.15) is 9.57 Å². The molecule has 0 fully saturated rings. The lowest BCUT2D eigenvalue weighted by Crippen LogP contribution is -2.27. The molecule has 2 rings (SSSR count). The Morgan fingerprint density at radius 1 is 1.14 bits per heavy atom. The summed E-state index contributed by atoms with van der Waals surface area (Å²) in [5.74, 6) is 0.124. The zero-order valence-corrected chi connectivity index (χ0v) is 12.2. The standard InChI is InChI=1S/C15H14N2O3S/c1-17(11-12-6-8-14(18)9-7-12)21(19,20)15-5-3-2-4-13(15)10-16/h2-9,18H,11H2,1H3.